The first-order chi connectivity index (χ1) is 7.72. The molecule has 84 valence electrons. The molecule has 0 aliphatic carbocycles. The maximum absolute atomic E-state index is 11.6. The lowest BCUT2D eigenvalue weighted by molar-refractivity contribution is 0.137. The molecule has 1 amide bonds. The number of nitrogens with zero attached hydrogens (tertiary/aromatic N) is 3. The Morgan fingerprint density at radius 1 is 1.62 bits per heavy atom. The van der Waals surface area contributed by atoms with E-state index in [0.29, 0.717) is 12.4 Å². The first-order valence-electron chi connectivity index (χ1n) is 4.86. The fourth-order valence-corrected chi connectivity index (χ4v) is 1.91. The van der Waals surface area contributed by atoms with Gasteiger partial charge in [-0.25, -0.2) is 19.1 Å². The summed E-state index contributed by atoms with van der Waals surface area (Å²) in [5, 5.41) is 0. The van der Waals surface area contributed by atoms with Crippen LogP contribution in [0.3, 0.4) is 0 Å². The normalized spacial score (nSPS) is 18.4. The summed E-state index contributed by atoms with van der Waals surface area (Å²) < 4.78 is 8.95. The number of carbonyl (C=O) groups excluding carboxylic acids is 1. The van der Waals surface area contributed by atoms with Crippen LogP contribution in [0.4, 0.5) is 4.79 Å². The van der Waals surface area contributed by atoms with Crippen molar-refractivity contribution < 1.29 is 9.53 Å². The van der Waals surface area contributed by atoms with E-state index in [4.69, 9.17) is 4.74 Å². The maximum Gasteiger partial charge on any atom is 0.419 e. The Kier molecular flexibility index (Phi) is 3.09. The highest BCUT2D eigenvalue weighted by Crippen LogP contribution is 2.32. The Bertz CT molecular complexity index is 437. The minimum Gasteiger partial charge on any atom is -0.449 e. The van der Waals surface area contributed by atoms with Gasteiger partial charge in [0.2, 0.25) is 0 Å². The zero-order chi connectivity index (χ0) is 11.5. The fraction of sp³-hybridized carbons (Fsp3) is 0.300. The lowest BCUT2D eigenvalue weighted by atomic mass is 10.3. The average molecular weight is 237 g/mol. The van der Waals surface area contributed by atoms with Gasteiger partial charge in [-0.2, -0.15) is 0 Å². The van der Waals surface area contributed by atoms with Crippen molar-refractivity contribution in [2.45, 2.75) is 13.8 Å². The number of hydrogen-bond acceptors (Lipinski definition) is 5. The number of amides is 1. The SMILES string of the molecule is CCOC(=O)N1C=C2SN=CC=C2N=C1C. The molecule has 2 aliphatic heterocycles. The quantitative estimate of drug-likeness (QED) is 0.658. The van der Waals surface area contributed by atoms with Gasteiger partial charge in [-0.15, -0.1) is 0 Å². The molecule has 16 heavy (non-hydrogen) atoms. The van der Waals surface area contributed by atoms with Gasteiger partial charge in [0.25, 0.3) is 0 Å². The van der Waals surface area contributed by atoms with Crippen LogP contribution in [0.5, 0.6) is 0 Å². The van der Waals surface area contributed by atoms with Gasteiger partial charge in [0.05, 0.1) is 17.2 Å². The molecule has 2 aliphatic rings. The van der Waals surface area contributed by atoms with Crippen molar-refractivity contribution in [3.05, 3.63) is 22.9 Å². The summed E-state index contributed by atoms with van der Waals surface area (Å²) in [7, 11) is 0. The Morgan fingerprint density at radius 3 is 3.19 bits per heavy atom. The van der Waals surface area contributed by atoms with Gasteiger partial charge in [-0.3, -0.25) is 0 Å². The van der Waals surface area contributed by atoms with Crippen LogP contribution in [0.15, 0.2) is 32.3 Å². The molecule has 0 bridgehead atoms. The monoisotopic (exact) mass is 237 g/mol. The first-order valence-corrected chi connectivity index (χ1v) is 5.64. The highest BCUT2D eigenvalue weighted by molar-refractivity contribution is 8.02. The highest BCUT2D eigenvalue weighted by Gasteiger charge is 2.23. The molecule has 0 radical (unpaired) electrons. The number of rotatable bonds is 1. The summed E-state index contributed by atoms with van der Waals surface area (Å²) in [5.41, 5.74) is 0.832. The second-order valence-corrected chi connectivity index (χ2v) is 3.95. The Labute approximate surface area is 97.7 Å². The average Bonchev–Trinajstić information content (AvgIpc) is 2.28. The van der Waals surface area contributed by atoms with Crippen LogP contribution in [0, 0.1) is 0 Å². The van der Waals surface area contributed by atoms with Crippen LogP contribution in [0.2, 0.25) is 0 Å². The second-order valence-electron chi connectivity index (χ2n) is 3.12. The molecule has 2 rings (SSSR count). The second kappa shape index (κ2) is 4.52. The minimum absolute atomic E-state index is 0.347. The molecule has 0 saturated heterocycles. The summed E-state index contributed by atoms with van der Waals surface area (Å²) in [6.45, 7) is 3.88. The van der Waals surface area contributed by atoms with Crippen molar-refractivity contribution in [1.29, 1.82) is 0 Å². The molecule has 5 nitrogen and oxygen atoms in total. The van der Waals surface area contributed by atoms with Crippen molar-refractivity contribution >= 4 is 30.1 Å². The predicted octanol–water partition coefficient (Wildman–Crippen LogP) is 2.33. The van der Waals surface area contributed by atoms with Crippen LogP contribution >= 0.6 is 11.9 Å². The van der Waals surface area contributed by atoms with Crippen molar-refractivity contribution in [3.63, 3.8) is 0 Å². The lowest BCUT2D eigenvalue weighted by Gasteiger charge is -2.23. The van der Waals surface area contributed by atoms with Crippen molar-refractivity contribution in [2.24, 2.45) is 9.39 Å². The zero-order valence-corrected chi connectivity index (χ0v) is 9.82. The molecule has 0 saturated carbocycles. The molecular formula is C10H11N3O2S. The predicted molar refractivity (Wildman–Crippen MR) is 64.2 cm³/mol. The molecule has 0 spiro atoms. The molecule has 0 aromatic heterocycles. The van der Waals surface area contributed by atoms with Crippen LogP contribution in [0.25, 0.3) is 0 Å². The van der Waals surface area contributed by atoms with Gasteiger partial charge in [0.1, 0.15) is 5.84 Å². The molecule has 2 heterocycles. The smallest absolute Gasteiger partial charge is 0.419 e. The van der Waals surface area contributed by atoms with Crippen LogP contribution in [0.1, 0.15) is 13.8 Å². The van der Waals surface area contributed by atoms with Crippen molar-refractivity contribution in [2.75, 3.05) is 6.61 Å². The Hall–Kier alpha value is -1.56. The van der Waals surface area contributed by atoms with Gasteiger partial charge in [0.15, 0.2) is 0 Å². The van der Waals surface area contributed by atoms with Gasteiger partial charge < -0.3 is 4.74 Å². The lowest BCUT2D eigenvalue weighted by Crippen LogP contribution is -2.33. The third-order valence-corrected chi connectivity index (χ3v) is 2.78. The molecular weight excluding hydrogens is 226 g/mol. The number of fused-ring (bicyclic) bond motifs is 1. The van der Waals surface area contributed by atoms with E-state index in [9.17, 15) is 4.79 Å². The summed E-state index contributed by atoms with van der Waals surface area (Å²) in [6.07, 6.45) is 4.79. The van der Waals surface area contributed by atoms with E-state index < -0.39 is 6.09 Å². The van der Waals surface area contributed by atoms with Gasteiger partial charge in [0, 0.05) is 24.4 Å². The largest absolute Gasteiger partial charge is 0.449 e. The maximum atomic E-state index is 11.6. The summed E-state index contributed by atoms with van der Waals surface area (Å²) in [4.78, 5) is 18.1. The Morgan fingerprint density at radius 2 is 2.44 bits per heavy atom. The van der Waals surface area contributed by atoms with Gasteiger partial charge in [-0.05, 0) is 19.9 Å². The fourth-order valence-electron chi connectivity index (χ4n) is 1.32. The number of hydrogen-bond donors (Lipinski definition) is 0. The van der Waals surface area contributed by atoms with E-state index in [1.165, 1.54) is 16.8 Å². The van der Waals surface area contributed by atoms with E-state index in [1.54, 1.807) is 26.3 Å². The number of amidine groups is 1. The molecule has 6 heteroatoms. The highest BCUT2D eigenvalue weighted by atomic mass is 32.2. The summed E-state index contributed by atoms with van der Waals surface area (Å²) in [5.74, 6) is 0.601. The van der Waals surface area contributed by atoms with Crippen molar-refractivity contribution in [3.8, 4) is 0 Å². The number of ether oxygens (including phenoxy) is 1. The number of allylic oxidation sites excluding steroid dienone is 1. The minimum atomic E-state index is -0.412. The molecule has 0 fully saturated rings. The molecule has 0 aromatic rings. The van der Waals surface area contributed by atoms with E-state index in [1.807, 2.05) is 6.08 Å². The topological polar surface area (TPSA) is 54.3 Å². The Balaban J connectivity index is 2.25. The number of aliphatic imine (C=N–C) groups is 1. The summed E-state index contributed by atoms with van der Waals surface area (Å²) >= 11 is 1.29. The van der Waals surface area contributed by atoms with Crippen LogP contribution in [-0.2, 0) is 4.74 Å². The van der Waals surface area contributed by atoms with E-state index in [0.717, 1.165) is 10.6 Å². The van der Waals surface area contributed by atoms with E-state index >= 15 is 0 Å². The third-order valence-electron chi connectivity index (χ3n) is 2.04. The zero-order valence-electron chi connectivity index (χ0n) is 9.01. The van der Waals surface area contributed by atoms with Crippen LogP contribution < -0.4 is 0 Å². The van der Waals surface area contributed by atoms with Gasteiger partial charge >= 0.3 is 6.09 Å². The first kappa shape index (κ1) is 10.9. The molecule has 0 aromatic carbocycles. The molecule has 0 N–H and O–H groups in total. The molecule has 0 unspecified atom stereocenters. The van der Waals surface area contributed by atoms with Crippen molar-refractivity contribution in [1.82, 2.24) is 4.90 Å². The van der Waals surface area contributed by atoms with Crippen LogP contribution in [-0.4, -0.2) is 29.7 Å². The standard InChI is InChI=1S/C10H11N3O2S/c1-3-15-10(14)13-6-9-8(12-7(13)2)4-5-11-16-9/h4-6H,3H2,1-2H3. The summed E-state index contributed by atoms with van der Waals surface area (Å²) in [6, 6.07) is 0. The van der Waals surface area contributed by atoms with E-state index in [-0.39, 0.29) is 0 Å². The number of carbonyl (C=O) groups is 1. The molecule has 0 atom stereocenters. The van der Waals surface area contributed by atoms with E-state index in [2.05, 4.69) is 9.39 Å². The van der Waals surface area contributed by atoms with Gasteiger partial charge in [-0.1, -0.05) is 0 Å². The third kappa shape index (κ3) is 2.01.